The second-order valence-electron chi connectivity index (χ2n) is 4.18. The van der Waals surface area contributed by atoms with E-state index in [2.05, 4.69) is 10.6 Å². The van der Waals surface area contributed by atoms with Crippen molar-refractivity contribution in [2.24, 2.45) is 0 Å². The van der Waals surface area contributed by atoms with E-state index >= 15 is 0 Å². The van der Waals surface area contributed by atoms with Crippen LogP contribution in [0.2, 0.25) is 0 Å². The Morgan fingerprint density at radius 3 is 2.53 bits per heavy atom. The number of rotatable bonds is 6. The molecule has 1 rings (SSSR count). The van der Waals surface area contributed by atoms with E-state index in [9.17, 15) is 4.79 Å². The second-order valence-corrected chi connectivity index (χ2v) is 4.18. The van der Waals surface area contributed by atoms with Crippen molar-refractivity contribution in [3.63, 3.8) is 0 Å². The Morgan fingerprint density at radius 2 is 1.94 bits per heavy atom. The van der Waals surface area contributed by atoms with Gasteiger partial charge in [0.2, 0.25) is 0 Å². The third kappa shape index (κ3) is 5.47. The van der Waals surface area contributed by atoms with Crippen molar-refractivity contribution < 1.29 is 9.90 Å². The molecule has 0 heterocycles. The number of carbonyl (C=O) groups excluding carboxylic acids is 1. The topological polar surface area (TPSA) is 61.4 Å². The molecule has 0 aliphatic heterocycles. The average molecular weight is 236 g/mol. The Labute approximate surface area is 102 Å². The van der Waals surface area contributed by atoms with Crippen molar-refractivity contribution in [2.45, 2.75) is 20.0 Å². The summed E-state index contributed by atoms with van der Waals surface area (Å²) in [6.07, 6.45) is -0.359. The standard InChI is InChI=1S/C13H20N2O2/c1-10-3-5-12(6-4-10)13(17)15-8-7-14-9-11(2)16/h3-6,11,14,16H,7-9H2,1-2H3,(H,15,17)/t11-/m1/s1. The van der Waals surface area contributed by atoms with Crippen molar-refractivity contribution in [2.75, 3.05) is 19.6 Å². The average Bonchev–Trinajstić information content (AvgIpc) is 2.29. The highest BCUT2D eigenvalue weighted by Gasteiger charge is 2.03. The maximum absolute atomic E-state index is 11.7. The van der Waals surface area contributed by atoms with Crippen LogP contribution in [0.25, 0.3) is 0 Å². The summed E-state index contributed by atoms with van der Waals surface area (Å²) < 4.78 is 0. The molecule has 1 aromatic carbocycles. The van der Waals surface area contributed by atoms with Crippen LogP contribution in [-0.2, 0) is 0 Å². The Bertz CT molecular complexity index is 347. The Morgan fingerprint density at radius 1 is 1.29 bits per heavy atom. The summed E-state index contributed by atoms with van der Waals surface area (Å²) in [4.78, 5) is 11.7. The van der Waals surface area contributed by atoms with Crippen molar-refractivity contribution in [3.05, 3.63) is 35.4 Å². The number of carbonyl (C=O) groups is 1. The number of nitrogens with one attached hydrogen (secondary N) is 2. The quantitative estimate of drug-likeness (QED) is 0.637. The lowest BCUT2D eigenvalue weighted by atomic mass is 10.1. The SMILES string of the molecule is Cc1ccc(C(=O)NCCNC[C@@H](C)O)cc1. The molecule has 0 aliphatic carbocycles. The van der Waals surface area contributed by atoms with E-state index in [4.69, 9.17) is 5.11 Å². The molecule has 0 aliphatic rings. The maximum Gasteiger partial charge on any atom is 0.251 e. The molecule has 0 saturated heterocycles. The molecule has 1 atom stereocenters. The predicted molar refractivity (Wildman–Crippen MR) is 68.1 cm³/mol. The van der Waals surface area contributed by atoms with Crippen molar-refractivity contribution in [1.82, 2.24) is 10.6 Å². The van der Waals surface area contributed by atoms with Gasteiger partial charge in [0.1, 0.15) is 0 Å². The van der Waals surface area contributed by atoms with Gasteiger partial charge in [0.15, 0.2) is 0 Å². The fraction of sp³-hybridized carbons (Fsp3) is 0.462. The van der Waals surface area contributed by atoms with Crippen LogP contribution >= 0.6 is 0 Å². The summed E-state index contributed by atoms with van der Waals surface area (Å²) in [6, 6.07) is 7.46. The van der Waals surface area contributed by atoms with Crippen LogP contribution in [0, 0.1) is 6.92 Å². The molecule has 0 aromatic heterocycles. The number of benzene rings is 1. The van der Waals surface area contributed by atoms with E-state index in [1.807, 2.05) is 31.2 Å². The third-order valence-corrected chi connectivity index (χ3v) is 2.34. The number of amides is 1. The minimum absolute atomic E-state index is 0.0659. The van der Waals surface area contributed by atoms with Gasteiger partial charge in [-0.2, -0.15) is 0 Å². The van der Waals surface area contributed by atoms with Crippen LogP contribution in [0.3, 0.4) is 0 Å². The first-order valence-electron chi connectivity index (χ1n) is 5.83. The number of hydrogen-bond donors (Lipinski definition) is 3. The smallest absolute Gasteiger partial charge is 0.251 e. The summed E-state index contributed by atoms with van der Waals surface area (Å²) in [5.74, 6) is -0.0659. The molecule has 0 unspecified atom stereocenters. The first-order valence-corrected chi connectivity index (χ1v) is 5.83. The van der Waals surface area contributed by atoms with Gasteiger partial charge >= 0.3 is 0 Å². The minimum atomic E-state index is -0.359. The van der Waals surface area contributed by atoms with E-state index in [0.29, 0.717) is 25.2 Å². The van der Waals surface area contributed by atoms with Crippen LogP contribution in [0.15, 0.2) is 24.3 Å². The van der Waals surface area contributed by atoms with Crippen LogP contribution in [0.4, 0.5) is 0 Å². The monoisotopic (exact) mass is 236 g/mol. The second kappa shape index (κ2) is 7.04. The molecule has 3 N–H and O–H groups in total. The summed E-state index contributed by atoms with van der Waals surface area (Å²) in [7, 11) is 0. The van der Waals surface area contributed by atoms with Crippen molar-refractivity contribution in [1.29, 1.82) is 0 Å². The normalized spacial score (nSPS) is 12.2. The number of aryl methyl sites for hydroxylation is 1. The molecule has 0 fully saturated rings. The fourth-order valence-corrected chi connectivity index (χ4v) is 1.38. The predicted octanol–water partition coefficient (Wildman–Crippen LogP) is 0.695. The van der Waals surface area contributed by atoms with Crippen molar-refractivity contribution >= 4 is 5.91 Å². The Hall–Kier alpha value is -1.39. The Kier molecular flexibility index (Phi) is 5.66. The van der Waals surface area contributed by atoms with Gasteiger partial charge in [0.25, 0.3) is 5.91 Å². The number of aliphatic hydroxyl groups is 1. The molecule has 94 valence electrons. The summed E-state index contributed by atoms with van der Waals surface area (Å²) in [5, 5.41) is 14.9. The zero-order valence-corrected chi connectivity index (χ0v) is 10.4. The lowest BCUT2D eigenvalue weighted by Crippen LogP contribution is -2.34. The summed E-state index contributed by atoms with van der Waals surface area (Å²) >= 11 is 0. The molecule has 4 nitrogen and oxygen atoms in total. The van der Waals surface area contributed by atoms with Gasteiger partial charge in [-0.25, -0.2) is 0 Å². The van der Waals surface area contributed by atoms with Gasteiger partial charge in [-0.1, -0.05) is 17.7 Å². The van der Waals surface area contributed by atoms with Gasteiger partial charge in [0, 0.05) is 25.2 Å². The Balaban J connectivity index is 2.23. The number of aliphatic hydroxyl groups excluding tert-OH is 1. The molecule has 1 amide bonds. The van der Waals surface area contributed by atoms with Crippen LogP contribution < -0.4 is 10.6 Å². The molecule has 0 spiro atoms. The van der Waals surface area contributed by atoms with Crippen LogP contribution in [0.1, 0.15) is 22.8 Å². The highest BCUT2D eigenvalue weighted by Crippen LogP contribution is 2.02. The van der Waals surface area contributed by atoms with Gasteiger partial charge in [-0.15, -0.1) is 0 Å². The van der Waals surface area contributed by atoms with E-state index in [-0.39, 0.29) is 12.0 Å². The molecule has 1 aromatic rings. The third-order valence-electron chi connectivity index (χ3n) is 2.34. The summed E-state index contributed by atoms with van der Waals surface area (Å²) in [6.45, 7) is 5.46. The van der Waals surface area contributed by atoms with Gasteiger partial charge < -0.3 is 15.7 Å². The lowest BCUT2D eigenvalue weighted by molar-refractivity contribution is 0.0953. The minimum Gasteiger partial charge on any atom is -0.392 e. The highest BCUT2D eigenvalue weighted by molar-refractivity contribution is 5.94. The molecular weight excluding hydrogens is 216 g/mol. The lowest BCUT2D eigenvalue weighted by Gasteiger charge is -2.08. The molecule has 17 heavy (non-hydrogen) atoms. The molecule has 0 bridgehead atoms. The van der Waals surface area contributed by atoms with Crippen LogP contribution in [-0.4, -0.2) is 36.8 Å². The van der Waals surface area contributed by atoms with Gasteiger partial charge in [-0.05, 0) is 26.0 Å². The highest BCUT2D eigenvalue weighted by atomic mass is 16.3. The molecule has 4 heteroatoms. The van der Waals surface area contributed by atoms with E-state index < -0.39 is 0 Å². The molecule has 0 saturated carbocycles. The zero-order chi connectivity index (χ0) is 12.7. The van der Waals surface area contributed by atoms with E-state index in [0.717, 1.165) is 5.56 Å². The zero-order valence-electron chi connectivity index (χ0n) is 10.4. The van der Waals surface area contributed by atoms with Crippen molar-refractivity contribution in [3.8, 4) is 0 Å². The van der Waals surface area contributed by atoms with Gasteiger partial charge in [0.05, 0.1) is 6.10 Å². The molecule has 0 radical (unpaired) electrons. The molecular formula is C13H20N2O2. The van der Waals surface area contributed by atoms with E-state index in [1.54, 1.807) is 6.92 Å². The first-order chi connectivity index (χ1) is 8.09. The largest absolute Gasteiger partial charge is 0.392 e. The first kappa shape index (κ1) is 13.7. The van der Waals surface area contributed by atoms with Crippen LogP contribution in [0.5, 0.6) is 0 Å². The van der Waals surface area contributed by atoms with Gasteiger partial charge in [-0.3, -0.25) is 4.79 Å². The maximum atomic E-state index is 11.7. The van der Waals surface area contributed by atoms with E-state index in [1.165, 1.54) is 0 Å². The fourth-order valence-electron chi connectivity index (χ4n) is 1.38. The number of hydrogen-bond acceptors (Lipinski definition) is 3. The summed E-state index contributed by atoms with van der Waals surface area (Å²) in [5.41, 5.74) is 1.81.